The number of non-ortho nitro benzene ring substituents is 1. The Balaban J connectivity index is 2.15. The van der Waals surface area contributed by atoms with Gasteiger partial charge in [0.1, 0.15) is 0 Å². The standard InChI is InChI=1S/C12H13N3O2S/c13-7-1-2-12-14-11(8-18-12)9-3-5-10(6-4-9)15(16)17/h3-6,8H,1-2,7,13H2. The summed E-state index contributed by atoms with van der Waals surface area (Å²) in [5.74, 6) is 0. The number of aryl methyl sites for hydroxylation is 1. The fourth-order valence-electron chi connectivity index (χ4n) is 1.57. The molecule has 0 saturated heterocycles. The summed E-state index contributed by atoms with van der Waals surface area (Å²) in [4.78, 5) is 14.6. The van der Waals surface area contributed by atoms with Crippen molar-refractivity contribution in [2.24, 2.45) is 5.73 Å². The van der Waals surface area contributed by atoms with Crippen molar-refractivity contribution in [2.45, 2.75) is 12.8 Å². The first-order chi connectivity index (χ1) is 8.70. The molecule has 18 heavy (non-hydrogen) atoms. The molecule has 0 spiro atoms. The van der Waals surface area contributed by atoms with Crippen LogP contribution in [0.1, 0.15) is 11.4 Å². The van der Waals surface area contributed by atoms with Gasteiger partial charge in [-0.25, -0.2) is 4.98 Å². The van der Waals surface area contributed by atoms with Gasteiger partial charge in [0.25, 0.3) is 5.69 Å². The van der Waals surface area contributed by atoms with E-state index < -0.39 is 4.92 Å². The zero-order valence-electron chi connectivity index (χ0n) is 9.70. The molecule has 1 aromatic heterocycles. The fraction of sp³-hybridized carbons (Fsp3) is 0.250. The predicted octanol–water partition coefficient (Wildman–Crippen LogP) is 2.61. The largest absolute Gasteiger partial charge is 0.330 e. The molecule has 5 nitrogen and oxygen atoms in total. The monoisotopic (exact) mass is 263 g/mol. The van der Waals surface area contributed by atoms with Crippen molar-refractivity contribution in [3.63, 3.8) is 0 Å². The minimum atomic E-state index is -0.405. The van der Waals surface area contributed by atoms with Crippen molar-refractivity contribution < 1.29 is 4.92 Å². The van der Waals surface area contributed by atoms with E-state index in [0.29, 0.717) is 6.54 Å². The van der Waals surface area contributed by atoms with Gasteiger partial charge < -0.3 is 5.73 Å². The maximum absolute atomic E-state index is 10.6. The van der Waals surface area contributed by atoms with Crippen LogP contribution in [0.5, 0.6) is 0 Å². The highest BCUT2D eigenvalue weighted by Crippen LogP contribution is 2.24. The SMILES string of the molecule is NCCCc1nc(-c2ccc([N+](=O)[O-])cc2)cs1. The second kappa shape index (κ2) is 5.70. The Bertz CT molecular complexity index is 537. The molecule has 2 aromatic rings. The Hall–Kier alpha value is -1.79. The molecule has 0 aliphatic heterocycles. The van der Waals surface area contributed by atoms with Gasteiger partial charge in [-0.3, -0.25) is 10.1 Å². The molecule has 1 aromatic carbocycles. The van der Waals surface area contributed by atoms with Gasteiger partial charge in [-0.2, -0.15) is 0 Å². The molecule has 1 heterocycles. The molecule has 0 amide bonds. The van der Waals surface area contributed by atoms with Crippen LogP contribution in [0.2, 0.25) is 0 Å². The Labute approximate surface area is 108 Å². The van der Waals surface area contributed by atoms with Gasteiger partial charge in [0.2, 0.25) is 0 Å². The lowest BCUT2D eigenvalue weighted by Gasteiger charge is -1.96. The van der Waals surface area contributed by atoms with E-state index in [-0.39, 0.29) is 5.69 Å². The average molecular weight is 263 g/mol. The Morgan fingerprint density at radius 2 is 2.06 bits per heavy atom. The number of hydrogen-bond donors (Lipinski definition) is 1. The number of nitrogens with zero attached hydrogens (tertiary/aromatic N) is 2. The van der Waals surface area contributed by atoms with Gasteiger partial charge in [0.05, 0.1) is 15.6 Å². The van der Waals surface area contributed by atoms with E-state index in [1.54, 1.807) is 23.5 Å². The Morgan fingerprint density at radius 3 is 2.67 bits per heavy atom. The lowest BCUT2D eigenvalue weighted by molar-refractivity contribution is -0.384. The van der Waals surface area contributed by atoms with Crippen molar-refractivity contribution in [3.8, 4) is 11.3 Å². The van der Waals surface area contributed by atoms with Crippen molar-refractivity contribution in [3.05, 3.63) is 44.8 Å². The van der Waals surface area contributed by atoms with Crippen molar-refractivity contribution in [2.75, 3.05) is 6.54 Å². The van der Waals surface area contributed by atoms with E-state index in [1.165, 1.54) is 12.1 Å². The zero-order chi connectivity index (χ0) is 13.0. The van der Waals surface area contributed by atoms with Crippen LogP contribution < -0.4 is 5.73 Å². The number of hydrogen-bond acceptors (Lipinski definition) is 5. The molecule has 94 valence electrons. The van der Waals surface area contributed by atoms with E-state index in [4.69, 9.17) is 5.73 Å². The predicted molar refractivity (Wildman–Crippen MR) is 71.6 cm³/mol. The van der Waals surface area contributed by atoms with Crippen LogP contribution >= 0.6 is 11.3 Å². The number of aromatic nitrogens is 1. The molecule has 0 aliphatic carbocycles. The van der Waals surface area contributed by atoms with Crippen molar-refractivity contribution >= 4 is 17.0 Å². The Kier molecular flexibility index (Phi) is 4.01. The zero-order valence-corrected chi connectivity index (χ0v) is 10.5. The van der Waals surface area contributed by atoms with Crippen LogP contribution in [0, 0.1) is 10.1 Å². The van der Waals surface area contributed by atoms with Gasteiger partial charge in [-0.1, -0.05) is 0 Å². The number of thiazole rings is 1. The van der Waals surface area contributed by atoms with Crippen LogP contribution in [-0.4, -0.2) is 16.5 Å². The molecular formula is C12H13N3O2S. The lowest BCUT2D eigenvalue weighted by atomic mass is 10.1. The molecule has 0 aliphatic rings. The molecule has 0 atom stereocenters. The number of nitro groups is 1. The molecule has 0 bridgehead atoms. The normalized spacial score (nSPS) is 10.5. The van der Waals surface area contributed by atoms with Gasteiger partial charge in [-0.05, 0) is 25.1 Å². The molecule has 2 N–H and O–H groups in total. The van der Waals surface area contributed by atoms with Gasteiger partial charge in [-0.15, -0.1) is 11.3 Å². The summed E-state index contributed by atoms with van der Waals surface area (Å²) in [6, 6.07) is 6.43. The van der Waals surface area contributed by atoms with E-state index in [2.05, 4.69) is 4.98 Å². The summed E-state index contributed by atoms with van der Waals surface area (Å²) in [6.45, 7) is 0.659. The van der Waals surface area contributed by atoms with Crippen molar-refractivity contribution in [1.82, 2.24) is 4.98 Å². The second-order valence-electron chi connectivity index (χ2n) is 3.82. The van der Waals surface area contributed by atoms with Crippen LogP contribution in [0.15, 0.2) is 29.6 Å². The topological polar surface area (TPSA) is 82.0 Å². The summed E-state index contributed by atoms with van der Waals surface area (Å²) >= 11 is 1.59. The van der Waals surface area contributed by atoms with Gasteiger partial charge >= 0.3 is 0 Å². The third-order valence-corrected chi connectivity index (χ3v) is 3.43. The average Bonchev–Trinajstić information content (AvgIpc) is 2.85. The minimum absolute atomic E-state index is 0.0948. The number of nitrogens with two attached hydrogens (primary N) is 1. The molecule has 6 heteroatoms. The summed E-state index contributed by atoms with van der Waals surface area (Å²) in [7, 11) is 0. The van der Waals surface area contributed by atoms with Gasteiger partial charge in [0, 0.05) is 29.5 Å². The van der Waals surface area contributed by atoms with Crippen LogP contribution in [0.3, 0.4) is 0 Å². The second-order valence-corrected chi connectivity index (χ2v) is 4.77. The molecule has 0 fully saturated rings. The third-order valence-electron chi connectivity index (χ3n) is 2.52. The third kappa shape index (κ3) is 2.91. The van der Waals surface area contributed by atoms with E-state index in [1.807, 2.05) is 5.38 Å². The summed E-state index contributed by atoms with van der Waals surface area (Å²) in [5, 5.41) is 13.6. The molecule has 0 unspecified atom stereocenters. The quantitative estimate of drug-likeness (QED) is 0.664. The smallest absolute Gasteiger partial charge is 0.269 e. The van der Waals surface area contributed by atoms with E-state index >= 15 is 0 Å². The van der Waals surface area contributed by atoms with E-state index in [9.17, 15) is 10.1 Å². The van der Waals surface area contributed by atoms with Crippen LogP contribution in [0.4, 0.5) is 5.69 Å². The van der Waals surface area contributed by atoms with Crippen LogP contribution in [-0.2, 0) is 6.42 Å². The molecular weight excluding hydrogens is 250 g/mol. The first-order valence-electron chi connectivity index (χ1n) is 5.60. The lowest BCUT2D eigenvalue weighted by Crippen LogP contribution is -1.99. The highest BCUT2D eigenvalue weighted by Gasteiger charge is 2.07. The van der Waals surface area contributed by atoms with Crippen LogP contribution in [0.25, 0.3) is 11.3 Å². The van der Waals surface area contributed by atoms with Crippen molar-refractivity contribution in [1.29, 1.82) is 0 Å². The molecule has 0 saturated carbocycles. The summed E-state index contributed by atoms with van der Waals surface area (Å²) in [6.07, 6.45) is 1.81. The minimum Gasteiger partial charge on any atom is -0.330 e. The number of benzene rings is 1. The maximum Gasteiger partial charge on any atom is 0.269 e. The number of nitro benzene ring substituents is 1. The molecule has 2 rings (SSSR count). The highest BCUT2D eigenvalue weighted by molar-refractivity contribution is 7.09. The Morgan fingerprint density at radius 1 is 1.33 bits per heavy atom. The van der Waals surface area contributed by atoms with E-state index in [0.717, 1.165) is 29.1 Å². The first-order valence-corrected chi connectivity index (χ1v) is 6.48. The summed E-state index contributed by atoms with van der Waals surface area (Å²) in [5.41, 5.74) is 7.31. The highest BCUT2D eigenvalue weighted by atomic mass is 32.1. The molecule has 0 radical (unpaired) electrons. The fourth-order valence-corrected chi connectivity index (χ4v) is 2.42. The van der Waals surface area contributed by atoms with Gasteiger partial charge in [0.15, 0.2) is 0 Å². The first kappa shape index (κ1) is 12.7. The summed E-state index contributed by atoms with van der Waals surface area (Å²) < 4.78 is 0. The number of rotatable bonds is 5. The maximum atomic E-state index is 10.6.